The van der Waals surface area contributed by atoms with E-state index in [-0.39, 0.29) is 12.2 Å². The van der Waals surface area contributed by atoms with Crippen LogP contribution in [0.2, 0.25) is 0 Å². The van der Waals surface area contributed by atoms with Crippen molar-refractivity contribution in [3.63, 3.8) is 0 Å². The molecular formula is C20H35NO4. The van der Waals surface area contributed by atoms with Crippen LogP contribution in [-0.2, 0) is 14.4 Å². The third-order valence-corrected chi connectivity index (χ3v) is 4.02. The highest BCUT2D eigenvalue weighted by atomic mass is 16.4. The number of hydrogen-bond acceptors (Lipinski definition) is 3. The van der Waals surface area contributed by atoms with Crippen molar-refractivity contribution in [2.75, 3.05) is 6.54 Å². The Kier molecular flexibility index (Phi) is 16.0. The number of hydrogen-bond donors (Lipinski definition) is 2. The second-order valence-corrected chi connectivity index (χ2v) is 6.45. The summed E-state index contributed by atoms with van der Waals surface area (Å²) >= 11 is 0. The lowest BCUT2D eigenvalue weighted by atomic mass is 10.1. The summed E-state index contributed by atoms with van der Waals surface area (Å²) < 4.78 is 0. The molecule has 0 aromatic heterocycles. The molecule has 0 aliphatic heterocycles. The Hall–Kier alpha value is -1.65. The van der Waals surface area contributed by atoms with Gasteiger partial charge in [0.1, 0.15) is 0 Å². The molecule has 0 radical (unpaired) electrons. The molecule has 144 valence electrons. The molecule has 25 heavy (non-hydrogen) atoms. The number of allylic oxidation sites excluding steroid dienone is 2. The van der Waals surface area contributed by atoms with Gasteiger partial charge >= 0.3 is 5.97 Å². The molecule has 2 N–H and O–H groups in total. The van der Waals surface area contributed by atoms with Gasteiger partial charge in [-0.25, -0.2) is 0 Å². The quantitative estimate of drug-likeness (QED) is 0.230. The molecule has 0 bridgehead atoms. The Labute approximate surface area is 152 Å². The van der Waals surface area contributed by atoms with Crippen LogP contribution in [0.15, 0.2) is 12.2 Å². The average Bonchev–Trinajstić information content (AvgIpc) is 2.58. The summed E-state index contributed by atoms with van der Waals surface area (Å²) in [5.74, 6) is -1.44. The molecular weight excluding hydrogens is 318 g/mol. The molecule has 0 rings (SSSR count). The topological polar surface area (TPSA) is 83.5 Å². The summed E-state index contributed by atoms with van der Waals surface area (Å²) in [6, 6.07) is 0. The summed E-state index contributed by atoms with van der Waals surface area (Å²) in [5.41, 5.74) is 0. The van der Waals surface area contributed by atoms with Gasteiger partial charge in [0, 0.05) is 19.4 Å². The van der Waals surface area contributed by atoms with Gasteiger partial charge in [-0.1, -0.05) is 44.8 Å². The SMILES string of the molecule is CCCCCC(=O)C(=O)NCCCC/C=C\CCCCCCC(=O)O. The summed E-state index contributed by atoms with van der Waals surface area (Å²) in [6.07, 6.45) is 15.7. The van der Waals surface area contributed by atoms with E-state index in [0.29, 0.717) is 13.0 Å². The molecule has 5 heteroatoms. The second kappa shape index (κ2) is 17.2. The van der Waals surface area contributed by atoms with Crippen molar-refractivity contribution in [2.24, 2.45) is 0 Å². The fourth-order valence-corrected chi connectivity index (χ4v) is 2.46. The van der Waals surface area contributed by atoms with Crippen LogP contribution in [0.4, 0.5) is 0 Å². The zero-order chi connectivity index (χ0) is 18.8. The van der Waals surface area contributed by atoms with Gasteiger partial charge in [-0.3, -0.25) is 14.4 Å². The van der Waals surface area contributed by atoms with Gasteiger partial charge in [0.15, 0.2) is 0 Å². The zero-order valence-corrected chi connectivity index (χ0v) is 15.7. The molecule has 0 unspecified atom stereocenters. The maximum atomic E-state index is 11.5. The zero-order valence-electron chi connectivity index (χ0n) is 15.7. The van der Waals surface area contributed by atoms with Gasteiger partial charge in [-0.2, -0.15) is 0 Å². The van der Waals surface area contributed by atoms with Crippen molar-refractivity contribution in [3.05, 3.63) is 12.2 Å². The fraction of sp³-hybridized carbons (Fsp3) is 0.750. The number of Topliss-reactive ketones (excluding diaryl/α,β-unsaturated/α-hetero) is 1. The molecule has 0 fully saturated rings. The maximum absolute atomic E-state index is 11.5. The Morgan fingerprint density at radius 2 is 1.40 bits per heavy atom. The second-order valence-electron chi connectivity index (χ2n) is 6.45. The first-order valence-electron chi connectivity index (χ1n) is 9.75. The molecule has 0 aromatic rings. The number of carbonyl (C=O) groups excluding carboxylic acids is 2. The van der Waals surface area contributed by atoms with Crippen LogP contribution >= 0.6 is 0 Å². The van der Waals surface area contributed by atoms with Crippen molar-refractivity contribution in [1.29, 1.82) is 0 Å². The number of rotatable bonds is 17. The van der Waals surface area contributed by atoms with Crippen molar-refractivity contribution in [1.82, 2.24) is 5.32 Å². The van der Waals surface area contributed by atoms with Crippen LogP contribution in [-0.4, -0.2) is 29.3 Å². The van der Waals surface area contributed by atoms with E-state index in [1.54, 1.807) is 0 Å². The lowest BCUT2D eigenvalue weighted by molar-refractivity contribution is -0.138. The predicted molar refractivity (Wildman–Crippen MR) is 100 cm³/mol. The van der Waals surface area contributed by atoms with Crippen molar-refractivity contribution in [2.45, 2.75) is 90.4 Å². The smallest absolute Gasteiger partial charge is 0.303 e. The number of carboxylic acid groups (broad SMARTS) is 1. The van der Waals surface area contributed by atoms with E-state index in [1.165, 1.54) is 0 Å². The van der Waals surface area contributed by atoms with E-state index in [9.17, 15) is 14.4 Å². The minimum absolute atomic E-state index is 0.275. The standard InChI is InChI=1S/C20H35NO4/c1-2-3-12-15-18(22)20(25)21-17-14-11-9-7-5-4-6-8-10-13-16-19(23)24/h5,7H,2-4,6,8-17H2,1H3,(H,21,25)(H,23,24)/b7-5-. The van der Waals surface area contributed by atoms with Crippen LogP contribution in [0.1, 0.15) is 90.4 Å². The molecule has 0 aliphatic carbocycles. The van der Waals surface area contributed by atoms with Gasteiger partial charge < -0.3 is 10.4 Å². The summed E-state index contributed by atoms with van der Waals surface area (Å²) in [7, 11) is 0. The van der Waals surface area contributed by atoms with E-state index in [4.69, 9.17) is 5.11 Å². The number of carboxylic acids is 1. The number of aliphatic carboxylic acids is 1. The van der Waals surface area contributed by atoms with Gasteiger partial charge in [-0.15, -0.1) is 0 Å². The summed E-state index contributed by atoms with van der Waals surface area (Å²) in [6.45, 7) is 2.64. The van der Waals surface area contributed by atoms with Crippen LogP contribution in [0, 0.1) is 0 Å². The lowest BCUT2D eigenvalue weighted by Gasteiger charge is -2.03. The third kappa shape index (κ3) is 17.0. The first-order chi connectivity index (χ1) is 12.1. The molecule has 0 saturated carbocycles. The Bertz CT molecular complexity index is 405. The first-order valence-corrected chi connectivity index (χ1v) is 9.75. The molecule has 0 heterocycles. The first kappa shape index (κ1) is 23.4. The van der Waals surface area contributed by atoms with Gasteiger partial charge in [0.25, 0.3) is 5.91 Å². The van der Waals surface area contributed by atoms with Gasteiger partial charge in [0.2, 0.25) is 5.78 Å². The number of nitrogens with one attached hydrogen (secondary N) is 1. The Balaban J connectivity index is 3.38. The maximum Gasteiger partial charge on any atom is 0.303 e. The molecule has 0 atom stereocenters. The van der Waals surface area contributed by atoms with Crippen molar-refractivity contribution < 1.29 is 19.5 Å². The highest BCUT2D eigenvalue weighted by Gasteiger charge is 2.11. The van der Waals surface area contributed by atoms with Crippen molar-refractivity contribution in [3.8, 4) is 0 Å². The number of amides is 1. The normalized spacial score (nSPS) is 10.9. The van der Waals surface area contributed by atoms with Crippen LogP contribution in [0.5, 0.6) is 0 Å². The number of unbranched alkanes of at least 4 members (excludes halogenated alkanes) is 8. The molecule has 0 saturated heterocycles. The highest BCUT2D eigenvalue weighted by molar-refractivity contribution is 6.36. The molecule has 0 spiro atoms. The summed E-state index contributed by atoms with van der Waals surface area (Å²) in [5, 5.41) is 11.2. The van der Waals surface area contributed by atoms with Crippen molar-refractivity contribution >= 4 is 17.7 Å². The fourth-order valence-electron chi connectivity index (χ4n) is 2.46. The summed E-state index contributed by atoms with van der Waals surface area (Å²) in [4.78, 5) is 33.4. The van der Waals surface area contributed by atoms with Gasteiger partial charge in [0.05, 0.1) is 0 Å². The van der Waals surface area contributed by atoms with E-state index < -0.39 is 11.9 Å². The Morgan fingerprint density at radius 1 is 0.800 bits per heavy atom. The van der Waals surface area contributed by atoms with Crippen LogP contribution in [0.25, 0.3) is 0 Å². The molecule has 0 aliphatic rings. The van der Waals surface area contributed by atoms with E-state index in [2.05, 4.69) is 24.4 Å². The van der Waals surface area contributed by atoms with Gasteiger partial charge in [-0.05, 0) is 44.9 Å². The van der Waals surface area contributed by atoms with E-state index in [1.807, 2.05) is 0 Å². The van der Waals surface area contributed by atoms with Crippen LogP contribution in [0.3, 0.4) is 0 Å². The van der Waals surface area contributed by atoms with E-state index in [0.717, 1.165) is 70.6 Å². The number of carbonyl (C=O) groups is 3. The predicted octanol–water partition coefficient (Wildman–Crippen LogP) is 4.40. The number of ketones is 1. The average molecular weight is 354 g/mol. The third-order valence-electron chi connectivity index (χ3n) is 4.02. The highest BCUT2D eigenvalue weighted by Crippen LogP contribution is 2.06. The minimum Gasteiger partial charge on any atom is -0.481 e. The molecule has 5 nitrogen and oxygen atoms in total. The molecule has 0 aromatic carbocycles. The monoisotopic (exact) mass is 353 g/mol. The Morgan fingerprint density at radius 3 is 2.04 bits per heavy atom. The van der Waals surface area contributed by atoms with Crippen LogP contribution < -0.4 is 5.32 Å². The molecule has 1 amide bonds. The van der Waals surface area contributed by atoms with E-state index >= 15 is 0 Å². The largest absolute Gasteiger partial charge is 0.481 e. The lowest BCUT2D eigenvalue weighted by Crippen LogP contribution is -2.31. The minimum atomic E-state index is -0.711.